The predicted octanol–water partition coefficient (Wildman–Crippen LogP) is 3.19. The minimum atomic E-state index is 0.594. The van der Waals surface area contributed by atoms with Crippen molar-refractivity contribution in [1.82, 2.24) is 25.9 Å². The van der Waals surface area contributed by atoms with E-state index in [0.717, 1.165) is 30.7 Å². The smallest absolute Gasteiger partial charge is 0.166 e. The number of nitrogens with one attached hydrogen (secondary N) is 4. The zero-order valence-electron chi connectivity index (χ0n) is 15.3. The van der Waals surface area contributed by atoms with E-state index in [1.807, 2.05) is 24.5 Å². The lowest BCUT2D eigenvalue weighted by Crippen LogP contribution is -2.35. The van der Waals surface area contributed by atoms with Crippen LogP contribution in [0, 0.1) is 0 Å². The number of fused-ring (bicyclic) bond motifs is 1. The number of benzene rings is 1. The predicted molar refractivity (Wildman–Crippen MR) is 114 cm³/mol. The highest BCUT2D eigenvalue weighted by atomic mass is 32.1. The summed E-state index contributed by atoms with van der Waals surface area (Å²) < 4.78 is 0. The van der Waals surface area contributed by atoms with Crippen LogP contribution in [0.25, 0.3) is 11.0 Å². The number of piperidine rings is 1. The summed E-state index contributed by atoms with van der Waals surface area (Å²) in [6, 6.07) is 12.8. The van der Waals surface area contributed by atoms with Crippen molar-refractivity contribution in [2.75, 3.05) is 13.1 Å². The van der Waals surface area contributed by atoms with Gasteiger partial charge in [-0.15, -0.1) is 0 Å². The zero-order chi connectivity index (χ0) is 18.5. The first-order chi connectivity index (χ1) is 13.3. The van der Waals surface area contributed by atoms with Gasteiger partial charge in [-0.25, -0.2) is 4.98 Å². The Balaban J connectivity index is 1.35. The molecule has 0 aliphatic carbocycles. The van der Waals surface area contributed by atoms with E-state index < -0.39 is 0 Å². The zero-order valence-corrected chi connectivity index (χ0v) is 16.1. The van der Waals surface area contributed by atoms with Gasteiger partial charge in [0.2, 0.25) is 0 Å². The van der Waals surface area contributed by atoms with E-state index >= 15 is 0 Å². The molecule has 1 aliphatic rings. The molecule has 0 amide bonds. The molecule has 1 fully saturated rings. The maximum absolute atomic E-state index is 5.50. The van der Waals surface area contributed by atoms with Gasteiger partial charge in [0.15, 0.2) is 5.11 Å². The second-order valence-electron chi connectivity index (χ2n) is 6.99. The molecule has 1 aliphatic heterocycles. The summed E-state index contributed by atoms with van der Waals surface area (Å²) in [7, 11) is 0. The fourth-order valence-electron chi connectivity index (χ4n) is 3.80. The number of hydrogen-bond donors (Lipinski definition) is 4. The fourth-order valence-corrected chi connectivity index (χ4v) is 3.94. The minimum absolute atomic E-state index is 0.594. The van der Waals surface area contributed by atoms with E-state index in [2.05, 4.69) is 50.2 Å². The van der Waals surface area contributed by atoms with E-state index in [1.54, 1.807) is 0 Å². The quantitative estimate of drug-likeness (QED) is 0.513. The number of aromatic nitrogens is 2. The Labute approximate surface area is 165 Å². The van der Waals surface area contributed by atoms with E-state index in [0.29, 0.717) is 17.6 Å². The van der Waals surface area contributed by atoms with Gasteiger partial charge in [0.05, 0.1) is 0 Å². The van der Waals surface area contributed by atoms with Crippen LogP contribution in [0.5, 0.6) is 0 Å². The van der Waals surface area contributed by atoms with Crippen LogP contribution in [0.1, 0.15) is 35.4 Å². The van der Waals surface area contributed by atoms with Crippen LogP contribution >= 0.6 is 12.2 Å². The van der Waals surface area contributed by atoms with Crippen LogP contribution in [0.3, 0.4) is 0 Å². The number of pyridine rings is 1. The molecule has 27 heavy (non-hydrogen) atoms. The second kappa shape index (κ2) is 8.50. The molecule has 0 spiro atoms. The first kappa shape index (κ1) is 17.9. The van der Waals surface area contributed by atoms with Gasteiger partial charge in [-0.1, -0.05) is 24.3 Å². The van der Waals surface area contributed by atoms with Crippen LogP contribution in [-0.4, -0.2) is 28.2 Å². The number of nitrogens with zero attached hydrogens (tertiary/aromatic N) is 1. The third-order valence-corrected chi connectivity index (χ3v) is 5.51. The Hall–Kier alpha value is -2.44. The average Bonchev–Trinajstić information content (AvgIpc) is 3.21. The standard InChI is InChI=1S/C21H25N5S/c27-21(26-14-17-7-10-23-20-19(17)8-11-24-20)25-13-16-4-1-2-6-18(16)15-5-3-9-22-12-15/h1-2,4,6-8,10-11,15,22H,3,5,9,12-14H2,(H,23,24)(H2,25,26,27). The first-order valence-corrected chi connectivity index (χ1v) is 9.93. The summed E-state index contributed by atoms with van der Waals surface area (Å²) in [6.07, 6.45) is 6.23. The van der Waals surface area contributed by atoms with Gasteiger partial charge >= 0.3 is 0 Å². The van der Waals surface area contributed by atoms with Gasteiger partial charge < -0.3 is 20.9 Å². The SMILES string of the molecule is S=C(NCc1ccccc1C1CCCNC1)NCc1ccnc2[nH]ccc12. The molecule has 4 N–H and O–H groups in total. The van der Waals surface area contributed by atoms with Gasteiger partial charge in [0.1, 0.15) is 5.65 Å². The molecule has 6 heteroatoms. The molecule has 3 aromatic rings. The summed E-state index contributed by atoms with van der Waals surface area (Å²) in [5, 5.41) is 12.0. The van der Waals surface area contributed by atoms with Crippen molar-refractivity contribution < 1.29 is 0 Å². The molecule has 4 rings (SSSR count). The highest BCUT2D eigenvalue weighted by molar-refractivity contribution is 7.80. The summed E-state index contributed by atoms with van der Waals surface area (Å²) in [5.41, 5.74) is 4.85. The minimum Gasteiger partial charge on any atom is -0.359 e. The highest BCUT2D eigenvalue weighted by Gasteiger charge is 2.17. The fraction of sp³-hybridized carbons (Fsp3) is 0.333. The summed E-state index contributed by atoms with van der Waals surface area (Å²) >= 11 is 5.50. The van der Waals surface area contributed by atoms with Crippen molar-refractivity contribution in [2.24, 2.45) is 0 Å². The summed E-state index contributed by atoms with van der Waals surface area (Å²) in [6.45, 7) is 3.62. The van der Waals surface area contributed by atoms with Crippen LogP contribution in [0.4, 0.5) is 0 Å². The van der Waals surface area contributed by atoms with Crippen molar-refractivity contribution in [2.45, 2.75) is 31.8 Å². The Kier molecular flexibility index (Phi) is 5.65. The Bertz CT molecular complexity index is 914. The van der Waals surface area contributed by atoms with Gasteiger partial charge in [0, 0.05) is 37.4 Å². The van der Waals surface area contributed by atoms with Gasteiger partial charge in [-0.05, 0) is 66.3 Å². The van der Waals surface area contributed by atoms with Crippen molar-refractivity contribution in [3.8, 4) is 0 Å². The van der Waals surface area contributed by atoms with E-state index in [4.69, 9.17) is 12.2 Å². The van der Waals surface area contributed by atoms with Gasteiger partial charge in [-0.3, -0.25) is 0 Å². The van der Waals surface area contributed by atoms with E-state index in [1.165, 1.54) is 29.5 Å². The lowest BCUT2D eigenvalue weighted by Gasteiger charge is -2.25. The number of rotatable bonds is 5. The highest BCUT2D eigenvalue weighted by Crippen LogP contribution is 2.26. The van der Waals surface area contributed by atoms with Crippen LogP contribution in [-0.2, 0) is 13.1 Å². The van der Waals surface area contributed by atoms with Crippen molar-refractivity contribution in [3.63, 3.8) is 0 Å². The Morgan fingerprint density at radius 2 is 1.96 bits per heavy atom. The first-order valence-electron chi connectivity index (χ1n) is 9.52. The Morgan fingerprint density at radius 1 is 1.11 bits per heavy atom. The molecule has 2 aromatic heterocycles. The number of thiocarbonyl (C=S) groups is 1. The molecule has 5 nitrogen and oxygen atoms in total. The molecule has 1 aromatic carbocycles. The molecule has 0 saturated carbocycles. The molecule has 0 bridgehead atoms. The van der Waals surface area contributed by atoms with Crippen molar-refractivity contribution in [1.29, 1.82) is 0 Å². The van der Waals surface area contributed by atoms with Crippen LogP contribution < -0.4 is 16.0 Å². The second-order valence-corrected chi connectivity index (χ2v) is 7.40. The maximum Gasteiger partial charge on any atom is 0.166 e. The molecular formula is C21H25N5S. The van der Waals surface area contributed by atoms with Gasteiger partial charge in [-0.2, -0.15) is 0 Å². The normalized spacial score (nSPS) is 17.0. The molecule has 1 unspecified atom stereocenters. The molecule has 1 saturated heterocycles. The average molecular weight is 380 g/mol. The van der Waals surface area contributed by atoms with Crippen LogP contribution in [0.15, 0.2) is 48.8 Å². The summed E-state index contributed by atoms with van der Waals surface area (Å²) in [4.78, 5) is 7.46. The third kappa shape index (κ3) is 4.28. The molecular weight excluding hydrogens is 354 g/mol. The topological polar surface area (TPSA) is 64.8 Å². The molecule has 3 heterocycles. The molecule has 0 radical (unpaired) electrons. The largest absolute Gasteiger partial charge is 0.359 e. The molecule has 1 atom stereocenters. The van der Waals surface area contributed by atoms with Gasteiger partial charge in [0.25, 0.3) is 0 Å². The Morgan fingerprint density at radius 3 is 2.81 bits per heavy atom. The number of H-pyrrole nitrogens is 1. The summed E-state index contributed by atoms with van der Waals surface area (Å²) in [5.74, 6) is 0.594. The monoisotopic (exact) mass is 379 g/mol. The number of aromatic amines is 1. The van der Waals surface area contributed by atoms with Crippen LogP contribution in [0.2, 0.25) is 0 Å². The van der Waals surface area contributed by atoms with Crippen molar-refractivity contribution >= 4 is 28.4 Å². The molecule has 140 valence electrons. The lowest BCUT2D eigenvalue weighted by atomic mass is 9.88. The maximum atomic E-state index is 5.50. The van der Waals surface area contributed by atoms with E-state index in [-0.39, 0.29) is 0 Å². The van der Waals surface area contributed by atoms with Crippen molar-refractivity contribution in [3.05, 3.63) is 65.5 Å². The number of hydrogen-bond acceptors (Lipinski definition) is 3. The van der Waals surface area contributed by atoms with E-state index in [9.17, 15) is 0 Å². The third-order valence-electron chi connectivity index (χ3n) is 5.22. The lowest BCUT2D eigenvalue weighted by molar-refractivity contribution is 0.459.